The number of rotatable bonds is 26. The minimum absolute atomic E-state index is 0.0298. The number of hydrogen-bond acceptors (Lipinski definition) is 4. The first-order chi connectivity index (χ1) is 31.0. The Morgan fingerprint density at radius 3 is 1.25 bits per heavy atom. The first-order valence-electron chi connectivity index (χ1n) is 25.2. The fourth-order valence-corrected chi connectivity index (χ4v) is 32.3. The molecule has 0 aliphatic carbocycles. The summed E-state index contributed by atoms with van der Waals surface area (Å²) in [6, 6.07) is 13.2. The van der Waals surface area contributed by atoms with Crippen molar-refractivity contribution in [2.24, 2.45) is 23.7 Å². The molecule has 0 nitrogen and oxygen atoms in total. The van der Waals surface area contributed by atoms with Crippen LogP contribution in [-0.4, -0.2) is 22.8 Å². The lowest BCUT2D eigenvalue weighted by molar-refractivity contribution is 0.355. The largest absolute Gasteiger partial charge is 0.251 e. The molecule has 7 rings (SSSR count). The quantitative estimate of drug-likeness (QED) is 0.0294. The standard InChI is InChI=1S/C54H74F4S4Si2/c1-9-16-20-36(13-5)31-63(32-37(14-6)21-17-10-2)42-24-26-59-51(42)54-45(63)29-41(62-54)47-48(56)35(8)46(49(57)50(47)58)40-28-44-53(61-40)52-43(25-27-60-52)64(44,33-38(15-7)22-18-11-3)34-39(30-55)23-19-12-4/h24-29,36-39H,9-23,30-34H2,1-8H3. The second-order valence-electron chi connectivity index (χ2n) is 19.7. The zero-order chi connectivity index (χ0) is 45.8. The molecule has 10 heteroatoms. The van der Waals surface area contributed by atoms with Gasteiger partial charge in [-0.05, 0) is 110 Å². The van der Waals surface area contributed by atoms with E-state index < -0.39 is 33.6 Å². The van der Waals surface area contributed by atoms with Crippen molar-refractivity contribution in [3.05, 3.63) is 58.0 Å². The van der Waals surface area contributed by atoms with Crippen LogP contribution in [0.15, 0.2) is 35.0 Å². The highest BCUT2D eigenvalue weighted by Crippen LogP contribution is 2.51. The van der Waals surface area contributed by atoms with E-state index in [-0.39, 0.29) is 29.3 Å². The van der Waals surface area contributed by atoms with E-state index in [9.17, 15) is 0 Å². The summed E-state index contributed by atoms with van der Waals surface area (Å²) in [6.07, 6.45) is 16.9. The van der Waals surface area contributed by atoms with E-state index >= 15 is 17.6 Å². The van der Waals surface area contributed by atoms with Crippen molar-refractivity contribution < 1.29 is 17.6 Å². The lowest BCUT2D eigenvalue weighted by atomic mass is 10.00. The number of benzene rings is 1. The molecule has 64 heavy (non-hydrogen) atoms. The van der Waals surface area contributed by atoms with E-state index in [1.807, 2.05) is 0 Å². The van der Waals surface area contributed by atoms with Gasteiger partial charge < -0.3 is 0 Å². The molecule has 0 fully saturated rings. The van der Waals surface area contributed by atoms with E-state index in [4.69, 9.17) is 0 Å². The second kappa shape index (κ2) is 22.1. The first-order valence-corrected chi connectivity index (χ1v) is 33.4. The Morgan fingerprint density at radius 2 is 0.859 bits per heavy atom. The maximum Gasteiger partial charge on any atom is 0.171 e. The summed E-state index contributed by atoms with van der Waals surface area (Å²) in [6.45, 7) is 17.3. The molecule has 0 saturated carbocycles. The van der Waals surface area contributed by atoms with Crippen molar-refractivity contribution in [2.75, 3.05) is 6.67 Å². The fourth-order valence-electron chi connectivity index (χ4n) is 12.0. The second-order valence-corrected chi connectivity index (χ2v) is 31.8. The van der Waals surface area contributed by atoms with Crippen LogP contribution in [0.2, 0.25) is 24.2 Å². The van der Waals surface area contributed by atoms with Gasteiger partial charge >= 0.3 is 0 Å². The Kier molecular flexibility index (Phi) is 17.3. The molecule has 0 spiro atoms. The van der Waals surface area contributed by atoms with Crippen LogP contribution in [-0.2, 0) is 0 Å². The Balaban J connectivity index is 1.34. The van der Waals surface area contributed by atoms with Crippen LogP contribution in [0, 0.1) is 48.0 Å². The molecule has 0 radical (unpaired) electrons. The van der Waals surface area contributed by atoms with Gasteiger partial charge in [-0.15, -0.1) is 45.3 Å². The van der Waals surface area contributed by atoms with Crippen LogP contribution in [0.25, 0.3) is 40.4 Å². The topological polar surface area (TPSA) is 0 Å². The molecule has 0 amide bonds. The van der Waals surface area contributed by atoms with Crippen molar-refractivity contribution in [3.8, 4) is 40.4 Å². The molecule has 350 valence electrons. The van der Waals surface area contributed by atoms with Crippen molar-refractivity contribution in [1.29, 1.82) is 0 Å². The average molecular weight is 984 g/mol. The number of halogens is 4. The monoisotopic (exact) mass is 982 g/mol. The zero-order valence-corrected chi connectivity index (χ0v) is 45.3. The van der Waals surface area contributed by atoms with Gasteiger partial charge in [0.05, 0.1) is 12.2 Å². The van der Waals surface area contributed by atoms with Gasteiger partial charge in [-0.1, -0.05) is 150 Å². The molecule has 6 heterocycles. The van der Waals surface area contributed by atoms with Crippen LogP contribution >= 0.6 is 45.3 Å². The summed E-state index contributed by atoms with van der Waals surface area (Å²) >= 11 is 6.50. The highest BCUT2D eigenvalue weighted by atomic mass is 32.1. The SMILES string of the molecule is CCCCC(CC)C[Si]1(CC(CF)CCCC)c2ccsc2-c2sc(-c3c(C)c(F)c(-c4cc5c(s4)-c4sccc4[Si]5(CC(CC)CCCC)CC(CC)CCCC)c(F)c3F)cc21. The average Bonchev–Trinajstić information content (AvgIpc) is 4.17. The summed E-state index contributed by atoms with van der Waals surface area (Å²) in [5, 5.41) is 9.95. The summed E-state index contributed by atoms with van der Waals surface area (Å²) in [5.41, 5.74) is 0.0329. The Bertz CT molecular complexity index is 2090. The third-order valence-corrected chi connectivity index (χ3v) is 31.7. The van der Waals surface area contributed by atoms with Gasteiger partial charge in [0.25, 0.3) is 0 Å². The van der Waals surface area contributed by atoms with E-state index in [0.29, 0.717) is 27.5 Å². The molecule has 0 bridgehead atoms. The highest BCUT2D eigenvalue weighted by molar-refractivity contribution is 7.31. The molecule has 0 N–H and O–H groups in total. The van der Waals surface area contributed by atoms with Gasteiger partial charge in [-0.2, -0.15) is 0 Å². The van der Waals surface area contributed by atoms with Crippen LogP contribution < -0.4 is 20.7 Å². The molecule has 5 atom stereocenters. The maximum atomic E-state index is 17.4. The molecule has 5 unspecified atom stereocenters. The lowest BCUT2D eigenvalue weighted by Crippen LogP contribution is -2.57. The Labute approximate surface area is 401 Å². The number of fused-ring (bicyclic) bond motifs is 6. The van der Waals surface area contributed by atoms with Crippen molar-refractivity contribution in [1.82, 2.24) is 0 Å². The first kappa shape index (κ1) is 50.1. The van der Waals surface area contributed by atoms with Gasteiger partial charge in [-0.25, -0.2) is 13.2 Å². The molecular weight excluding hydrogens is 909 g/mol. The zero-order valence-electron chi connectivity index (χ0n) is 40.1. The molecule has 0 saturated heterocycles. The number of hydrogen-bond donors (Lipinski definition) is 0. The minimum atomic E-state index is -2.53. The number of unbranched alkanes of at least 4 members (excludes halogenated alkanes) is 4. The molecule has 5 aromatic rings. The van der Waals surface area contributed by atoms with E-state index in [2.05, 4.69) is 83.5 Å². The smallest absolute Gasteiger partial charge is 0.171 e. The van der Waals surface area contributed by atoms with Gasteiger partial charge in [0.1, 0.15) is 22.0 Å². The van der Waals surface area contributed by atoms with Gasteiger partial charge in [-0.3, -0.25) is 4.39 Å². The Morgan fingerprint density at radius 1 is 0.484 bits per heavy atom. The van der Waals surface area contributed by atoms with Crippen molar-refractivity contribution in [2.45, 2.75) is 176 Å². The van der Waals surface area contributed by atoms with E-state index in [1.54, 1.807) is 29.6 Å². The van der Waals surface area contributed by atoms with Crippen molar-refractivity contribution >= 4 is 82.2 Å². The molecule has 2 aliphatic heterocycles. The summed E-state index contributed by atoms with van der Waals surface area (Å²) in [4.78, 5) is 5.96. The normalized spacial score (nSPS) is 19.4. The van der Waals surface area contributed by atoms with Gasteiger partial charge in [0.15, 0.2) is 11.6 Å². The van der Waals surface area contributed by atoms with Gasteiger partial charge in [0, 0.05) is 34.8 Å². The summed E-state index contributed by atoms with van der Waals surface area (Å²) in [5.74, 6) is -0.972. The van der Waals surface area contributed by atoms with E-state index in [0.717, 1.165) is 68.3 Å². The number of alkyl halides is 1. The van der Waals surface area contributed by atoms with Crippen molar-refractivity contribution in [3.63, 3.8) is 0 Å². The third kappa shape index (κ3) is 9.34. The summed E-state index contributed by atoms with van der Waals surface area (Å²) < 4.78 is 66.8. The predicted molar refractivity (Wildman–Crippen MR) is 282 cm³/mol. The van der Waals surface area contributed by atoms with E-state index in [1.165, 1.54) is 115 Å². The summed E-state index contributed by atoms with van der Waals surface area (Å²) in [7, 11) is -4.88. The molecule has 2 aliphatic rings. The lowest BCUT2D eigenvalue weighted by Gasteiger charge is -2.35. The molecular formula is C54H74F4S4Si2. The molecule has 1 aromatic carbocycles. The van der Waals surface area contributed by atoms with Crippen LogP contribution in [0.5, 0.6) is 0 Å². The third-order valence-electron chi connectivity index (χ3n) is 15.7. The Hall–Kier alpha value is -1.83. The fraction of sp³-hybridized carbons (Fsp3) is 0.593. The van der Waals surface area contributed by atoms with Crippen LogP contribution in [0.3, 0.4) is 0 Å². The van der Waals surface area contributed by atoms with Crippen LogP contribution in [0.1, 0.15) is 150 Å². The van der Waals surface area contributed by atoms with Crippen LogP contribution in [0.4, 0.5) is 17.6 Å². The van der Waals surface area contributed by atoms with Gasteiger partial charge in [0.2, 0.25) is 0 Å². The predicted octanol–water partition coefficient (Wildman–Crippen LogP) is 17.5. The molecule has 4 aromatic heterocycles. The maximum absolute atomic E-state index is 17.4. The minimum Gasteiger partial charge on any atom is -0.251 e. The highest BCUT2D eigenvalue weighted by Gasteiger charge is 2.51. The number of thiophene rings is 4.